The Bertz CT molecular complexity index is 2840. The summed E-state index contributed by atoms with van der Waals surface area (Å²) < 4.78 is 0. The molecule has 0 radical (unpaired) electrons. The maximum Gasteiger partial charge on any atom is 0.0473 e. The van der Waals surface area contributed by atoms with Gasteiger partial charge in [0.1, 0.15) is 0 Å². The summed E-state index contributed by atoms with van der Waals surface area (Å²) in [4.78, 5) is 2.52. The normalized spacial score (nSPS) is 27.3. The average Bonchev–Trinajstić information content (AvgIpc) is 3.93. The van der Waals surface area contributed by atoms with Crippen LogP contribution in [0.5, 0.6) is 0 Å². The third-order valence-electron chi connectivity index (χ3n) is 17.6. The molecule has 2 bridgehead atoms. The van der Waals surface area contributed by atoms with Gasteiger partial charge in [-0.2, -0.15) is 0 Å². The van der Waals surface area contributed by atoms with E-state index in [2.05, 4.69) is 196 Å². The first-order valence-corrected chi connectivity index (χ1v) is 23.2. The molecule has 0 amide bonds. The van der Waals surface area contributed by atoms with E-state index in [1.807, 2.05) is 0 Å². The van der Waals surface area contributed by atoms with Gasteiger partial charge in [-0.05, 0) is 194 Å². The van der Waals surface area contributed by atoms with Gasteiger partial charge in [0.2, 0.25) is 0 Å². The summed E-state index contributed by atoms with van der Waals surface area (Å²) in [5.74, 6) is 3.58. The van der Waals surface area contributed by atoms with Gasteiger partial charge in [0.25, 0.3) is 0 Å². The van der Waals surface area contributed by atoms with Crippen molar-refractivity contribution in [3.05, 3.63) is 186 Å². The maximum atomic E-state index is 2.64. The van der Waals surface area contributed by atoms with Crippen molar-refractivity contribution in [2.75, 3.05) is 4.90 Å². The van der Waals surface area contributed by atoms with E-state index in [-0.39, 0.29) is 16.2 Å². The molecule has 0 N–H and O–H groups in total. The second-order valence-corrected chi connectivity index (χ2v) is 21.2. The number of fused-ring (bicyclic) bond motifs is 9. The van der Waals surface area contributed by atoms with Crippen LogP contribution < -0.4 is 4.90 Å². The van der Waals surface area contributed by atoms with Crippen LogP contribution in [0.1, 0.15) is 88.5 Å². The fourth-order valence-corrected chi connectivity index (χ4v) is 14.8. The Morgan fingerprint density at radius 3 is 1.70 bits per heavy atom. The van der Waals surface area contributed by atoms with Gasteiger partial charge in [-0.25, -0.2) is 0 Å². The molecule has 7 aromatic carbocycles. The van der Waals surface area contributed by atoms with Crippen LogP contribution in [0.15, 0.2) is 164 Å². The molecule has 6 aliphatic rings. The lowest BCUT2D eigenvalue weighted by Gasteiger charge is -2.76. The predicted molar refractivity (Wildman–Crippen MR) is 254 cm³/mol. The van der Waals surface area contributed by atoms with E-state index in [0.29, 0.717) is 5.41 Å². The lowest BCUT2D eigenvalue weighted by molar-refractivity contribution is -0.231. The molecule has 1 nitrogen and oxygen atoms in total. The van der Waals surface area contributed by atoms with Crippen LogP contribution >= 0.6 is 0 Å². The standard InChI is InChI=1S/C60H55N/c1-57(2)27-28-58(3,4)54-36-47(24-26-52(54)57)61(48-32-43(39-13-7-5-8-14-39)31-44(33-48)40-15-9-6-10-16-40)46-22-19-41(20-23-46)42-21-25-50-49-17-11-12-18-51(49)60(53(50)34-42)55-30-38-29-45-35-56(60)59(45,55)37-38/h5-26,31-34,36,38,45,55-56H,27-30,35,37H2,1-4H3. The molecule has 0 saturated heterocycles. The van der Waals surface area contributed by atoms with Crippen molar-refractivity contribution in [2.24, 2.45) is 29.1 Å². The first-order chi connectivity index (χ1) is 29.6. The highest BCUT2D eigenvalue weighted by Crippen LogP contribution is 2.89. The lowest BCUT2D eigenvalue weighted by Crippen LogP contribution is -2.73. The van der Waals surface area contributed by atoms with Gasteiger partial charge in [-0.1, -0.05) is 143 Å². The average molecular weight is 790 g/mol. The summed E-state index contributed by atoms with van der Waals surface area (Å²) in [6.07, 6.45) is 8.27. The summed E-state index contributed by atoms with van der Waals surface area (Å²) in [6, 6.07) is 62.8. The number of anilines is 3. The summed E-state index contributed by atoms with van der Waals surface area (Å²) in [5, 5.41) is 0. The molecule has 6 aliphatic carbocycles. The number of benzene rings is 7. The molecule has 4 saturated carbocycles. The van der Waals surface area contributed by atoms with Crippen molar-refractivity contribution in [2.45, 2.75) is 82.5 Å². The van der Waals surface area contributed by atoms with Crippen LogP contribution in [-0.2, 0) is 16.2 Å². The largest absolute Gasteiger partial charge is 0.310 e. The predicted octanol–water partition coefficient (Wildman–Crippen LogP) is 15.8. The molecule has 1 heteroatoms. The van der Waals surface area contributed by atoms with Crippen molar-refractivity contribution in [1.29, 1.82) is 0 Å². The van der Waals surface area contributed by atoms with Crippen LogP contribution in [0.25, 0.3) is 44.5 Å². The molecular formula is C60H55N. The maximum absolute atomic E-state index is 2.64. The van der Waals surface area contributed by atoms with Crippen LogP contribution in [0.4, 0.5) is 17.1 Å². The Labute approximate surface area is 362 Å². The zero-order valence-electron chi connectivity index (χ0n) is 36.1. The van der Waals surface area contributed by atoms with Crippen molar-refractivity contribution >= 4 is 17.1 Å². The van der Waals surface area contributed by atoms with Gasteiger partial charge in [-0.15, -0.1) is 0 Å². The van der Waals surface area contributed by atoms with E-state index in [1.54, 1.807) is 11.1 Å². The molecule has 6 atom stereocenters. The molecule has 13 rings (SSSR count). The van der Waals surface area contributed by atoms with Crippen molar-refractivity contribution in [3.8, 4) is 44.5 Å². The molecule has 2 spiro atoms. The van der Waals surface area contributed by atoms with Crippen molar-refractivity contribution in [1.82, 2.24) is 0 Å². The topological polar surface area (TPSA) is 3.24 Å². The van der Waals surface area contributed by atoms with Gasteiger partial charge in [0, 0.05) is 22.5 Å². The smallest absolute Gasteiger partial charge is 0.0473 e. The number of nitrogens with zero attached hydrogens (tertiary/aromatic N) is 1. The van der Waals surface area contributed by atoms with Gasteiger partial charge in [0.15, 0.2) is 0 Å². The fourth-order valence-electron chi connectivity index (χ4n) is 14.8. The van der Waals surface area contributed by atoms with E-state index in [9.17, 15) is 0 Å². The molecule has 4 fully saturated rings. The minimum absolute atomic E-state index is 0.0978. The number of hydrogen-bond donors (Lipinski definition) is 0. The number of rotatable bonds is 6. The zero-order valence-corrected chi connectivity index (χ0v) is 36.1. The SMILES string of the molecule is CC1(C)CCC(C)(C)c2cc(N(c3ccc(-c4ccc5c(c4)C4(c6ccccc6-5)C5CC6CC7CC4C75C6)cc3)c3cc(-c4ccccc4)cc(-c4ccccc4)c3)ccc21. The molecule has 7 aromatic rings. The van der Waals surface area contributed by atoms with E-state index in [1.165, 1.54) is 111 Å². The Morgan fingerprint density at radius 2 is 1.00 bits per heavy atom. The van der Waals surface area contributed by atoms with E-state index in [4.69, 9.17) is 0 Å². The van der Waals surface area contributed by atoms with E-state index in [0.717, 1.165) is 23.7 Å². The number of hydrogen-bond acceptors (Lipinski definition) is 1. The highest BCUT2D eigenvalue weighted by Gasteiger charge is 2.84. The van der Waals surface area contributed by atoms with Crippen LogP contribution in [0.3, 0.4) is 0 Å². The monoisotopic (exact) mass is 789 g/mol. The Kier molecular flexibility index (Phi) is 7.37. The van der Waals surface area contributed by atoms with Gasteiger partial charge in [0.05, 0.1) is 0 Å². The molecule has 300 valence electrons. The molecule has 61 heavy (non-hydrogen) atoms. The summed E-state index contributed by atoms with van der Waals surface area (Å²) >= 11 is 0. The fraction of sp³-hybridized carbons (Fsp3) is 0.300. The van der Waals surface area contributed by atoms with Gasteiger partial charge in [-0.3, -0.25) is 0 Å². The Balaban J connectivity index is 0.950. The van der Waals surface area contributed by atoms with Crippen molar-refractivity contribution < 1.29 is 0 Å². The summed E-state index contributed by atoms with van der Waals surface area (Å²) in [7, 11) is 0. The summed E-state index contributed by atoms with van der Waals surface area (Å²) in [5.41, 5.74) is 21.4. The minimum atomic E-state index is 0.0978. The molecule has 0 heterocycles. The van der Waals surface area contributed by atoms with Gasteiger partial charge >= 0.3 is 0 Å². The minimum Gasteiger partial charge on any atom is -0.310 e. The van der Waals surface area contributed by atoms with E-state index < -0.39 is 0 Å². The van der Waals surface area contributed by atoms with Crippen LogP contribution in [-0.4, -0.2) is 0 Å². The lowest BCUT2D eigenvalue weighted by atomic mass is 9.27. The highest BCUT2D eigenvalue weighted by molar-refractivity contribution is 5.88. The molecule has 0 aliphatic heterocycles. The third kappa shape index (κ3) is 4.84. The third-order valence-corrected chi connectivity index (χ3v) is 17.6. The second kappa shape index (κ2) is 12.5. The molecule has 0 aromatic heterocycles. The Hall–Kier alpha value is -5.66. The first-order valence-electron chi connectivity index (χ1n) is 23.2. The van der Waals surface area contributed by atoms with Crippen LogP contribution in [0, 0.1) is 29.1 Å². The second-order valence-electron chi connectivity index (χ2n) is 21.2. The molecule has 6 unspecified atom stereocenters. The Morgan fingerprint density at radius 1 is 0.410 bits per heavy atom. The first kappa shape index (κ1) is 36.0. The van der Waals surface area contributed by atoms with Crippen LogP contribution in [0.2, 0.25) is 0 Å². The highest BCUT2D eigenvalue weighted by atomic mass is 15.1. The molecular weight excluding hydrogens is 735 g/mol. The van der Waals surface area contributed by atoms with Crippen molar-refractivity contribution in [3.63, 3.8) is 0 Å². The zero-order chi connectivity index (χ0) is 40.9. The van der Waals surface area contributed by atoms with Gasteiger partial charge < -0.3 is 4.90 Å². The quantitative estimate of drug-likeness (QED) is 0.162. The van der Waals surface area contributed by atoms with E-state index >= 15 is 0 Å². The summed E-state index contributed by atoms with van der Waals surface area (Å²) in [6.45, 7) is 9.74.